The van der Waals surface area contributed by atoms with Crippen LogP contribution in [0.2, 0.25) is 0 Å². The zero-order valence-electron chi connectivity index (χ0n) is 10.2. The van der Waals surface area contributed by atoms with E-state index in [1.165, 1.54) is 7.11 Å². The zero-order valence-corrected chi connectivity index (χ0v) is 10.2. The lowest BCUT2D eigenvalue weighted by Crippen LogP contribution is -2.43. The summed E-state index contributed by atoms with van der Waals surface area (Å²) in [6.45, 7) is 1.82. The van der Waals surface area contributed by atoms with Crippen molar-refractivity contribution in [1.82, 2.24) is 5.32 Å². The molecule has 1 aliphatic heterocycles. The molecular weight excluding hydrogens is 232 g/mol. The van der Waals surface area contributed by atoms with E-state index in [4.69, 9.17) is 0 Å². The summed E-state index contributed by atoms with van der Waals surface area (Å²) < 4.78 is 4.60. The largest absolute Gasteiger partial charge is 0.465 e. The molecule has 0 saturated carbocycles. The molecule has 1 aromatic rings. The Hall–Kier alpha value is -1.88. The second kappa shape index (κ2) is 5.64. The van der Waals surface area contributed by atoms with Gasteiger partial charge < -0.3 is 15.4 Å². The average molecular weight is 248 g/mol. The average Bonchev–Trinajstić information content (AvgIpc) is 2.34. The molecule has 2 rings (SSSR count). The number of carbonyl (C=O) groups excluding carboxylic acids is 2. The molecular formula is C13H16N2O3. The van der Waals surface area contributed by atoms with Gasteiger partial charge in [0.1, 0.15) is 0 Å². The Kier molecular flexibility index (Phi) is 3.94. The van der Waals surface area contributed by atoms with Crippen LogP contribution in [-0.4, -0.2) is 32.1 Å². The van der Waals surface area contributed by atoms with Crippen molar-refractivity contribution in [3.63, 3.8) is 0 Å². The van der Waals surface area contributed by atoms with E-state index in [1.54, 1.807) is 24.3 Å². The van der Waals surface area contributed by atoms with Gasteiger partial charge in [-0.15, -0.1) is 0 Å². The van der Waals surface area contributed by atoms with Gasteiger partial charge in [-0.05, 0) is 43.3 Å². The Balaban J connectivity index is 1.89. The molecule has 0 radical (unpaired) electrons. The topological polar surface area (TPSA) is 67.4 Å². The van der Waals surface area contributed by atoms with Crippen LogP contribution in [0.25, 0.3) is 0 Å². The molecule has 0 aromatic heterocycles. The third kappa shape index (κ3) is 3.07. The van der Waals surface area contributed by atoms with Gasteiger partial charge in [0.25, 0.3) is 0 Å². The molecule has 0 unspecified atom stereocenters. The molecule has 5 nitrogen and oxygen atoms in total. The second-order valence-electron chi connectivity index (χ2n) is 4.35. The quantitative estimate of drug-likeness (QED) is 0.781. The molecule has 18 heavy (non-hydrogen) atoms. The van der Waals surface area contributed by atoms with E-state index in [-0.39, 0.29) is 11.9 Å². The number of methoxy groups -OCH3 is 1. The molecule has 1 amide bonds. The van der Waals surface area contributed by atoms with Gasteiger partial charge in [0.05, 0.1) is 12.7 Å². The second-order valence-corrected chi connectivity index (χ2v) is 4.35. The first kappa shape index (κ1) is 12.6. The Bertz CT molecular complexity index is 438. The Morgan fingerprint density at radius 2 is 2.00 bits per heavy atom. The SMILES string of the molecule is COC(=O)c1ccc(NC(=O)CC2CNC2)cc1. The molecule has 0 bridgehead atoms. The first-order valence-corrected chi connectivity index (χ1v) is 5.88. The zero-order chi connectivity index (χ0) is 13.0. The minimum atomic E-state index is -0.381. The van der Waals surface area contributed by atoms with Gasteiger partial charge in [-0.3, -0.25) is 4.79 Å². The van der Waals surface area contributed by atoms with Crippen LogP contribution in [0.5, 0.6) is 0 Å². The van der Waals surface area contributed by atoms with Gasteiger partial charge in [0.15, 0.2) is 0 Å². The lowest BCUT2D eigenvalue weighted by atomic mass is 9.99. The number of carbonyl (C=O) groups is 2. The van der Waals surface area contributed by atoms with Gasteiger partial charge >= 0.3 is 5.97 Å². The predicted octanol–water partition coefficient (Wildman–Crippen LogP) is 1.02. The van der Waals surface area contributed by atoms with Crippen molar-refractivity contribution >= 4 is 17.6 Å². The molecule has 1 aliphatic rings. The van der Waals surface area contributed by atoms with Crippen LogP contribution in [0.4, 0.5) is 5.69 Å². The number of rotatable bonds is 4. The highest BCUT2D eigenvalue weighted by molar-refractivity contribution is 5.93. The first-order chi connectivity index (χ1) is 8.69. The number of amides is 1. The maximum Gasteiger partial charge on any atom is 0.337 e. The van der Waals surface area contributed by atoms with Gasteiger partial charge in [-0.1, -0.05) is 0 Å². The normalized spacial score (nSPS) is 14.7. The monoisotopic (exact) mass is 248 g/mol. The lowest BCUT2D eigenvalue weighted by molar-refractivity contribution is -0.117. The highest BCUT2D eigenvalue weighted by Gasteiger charge is 2.20. The van der Waals surface area contributed by atoms with Gasteiger partial charge in [0, 0.05) is 12.1 Å². The minimum absolute atomic E-state index is 0.00678. The summed E-state index contributed by atoms with van der Waals surface area (Å²) in [5, 5.41) is 5.93. The van der Waals surface area contributed by atoms with Crippen LogP contribution >= 0.6 is 0 Å². The van der Waals surface area contributed by atoms with Crippen LogP contribution < -0.4 is 10.6 Å². The van der Waals surface area contributed by atoms with E-state index in [0.717, 1.165) is 13.1 Å². The predicted molar refractivity (Wildman–Crippen MR) is 67.4 cm³/mol. The number of anilines is 1. The Labute approximate surface area is 106 Å². The van der Waals surface area contributed by atoms with Crippen molar-refractivity contribution in [2.24, 2.45) is 5.92 Å². The van der Waals surface area contributed by atoms with Crippen molar-refractivity contribution in [3.8, 4) is 0 Å². The Morgan fingerprint density at radius 3 is 2.50 bits per heavy atom. The van der Waals surface area contributed by atoms with Crippen LogP contribution in [0.3, 0.4) is 0 Å². The molecule has 1 heterocycles. The lowest BCUT2D eigenvalue weighted by Gasteiger charge is -2.26. The summed E-state index contributed by atoms with van der Waals surface area (Å²) in [5.41, 5.74) is 1.17. The van der Waals surface area contributed by atoms with Crippen LogP contribution in [0, 0.1) is 5.92 Å². The fourth-order valence-corrected chi connectivity index (χ4v) is 1.77. The van der Waals surface area contributed by atoms with Crippen molar-refractivity contribution in [1.29, 1.82) is 0 Å². The van der Waals surface area contributed by atoms with E-state index < -0.39 is 0 Å². The summed E-state index contributed by atoms with van der Waals surface area (Å²) >= 11 is 0. The number of nitrogens with one attached hydrogen (secondary N) is 2. The fraction of sp³-hybridized carbons (Fsp3) is 0.385. The van der Waals surface area contributed by atoms with Gasteiger partial charge in [-0.2, -0.15) is 0 Å². The number of benzene rings is 1. The van der Waals surface area contributed by atoms with Crippen LogP contribution in [0.1, 0.15) is 16.8 Å². The number of hydrogen-bond donors (Lipinski definition) is 2. The summed E-state index contributed by atoms with van der Waals surface area (Å²) in [5.74, 6) is 0.0695. The molecule has 0 aliphatic carbocycles. The highest BCUT2D eigenvalue weighted by Crippen LogP contribution is 2.13. The van der Waals surface area contributed by atoms with E-state index in [0.29, 0.717) is 23.6 Å². The van der Waals surface area contributed by atoms with Crippen molar-refractivity contribution in [3.05, 3.63) is 29.8 Å². The molecule has 96 valence electrons. The summed E-state index contributed by atoms with van der Waals surface area (Å²) in [6.07, 6.45) is 0.533. The summed E-state index contributed by atoms with van der Waals surface area (Å²) in [6, 6.07) is 6.66. The number of esters is 1. The standard InChI is InChI=1S/C13H16N2O3/c1-18-13(17)10-2-4-11(5-3-10)15-12(16)6-9-7-14-8-9/h2-5,9,14H,6-8H2,1H3,(H,15,16). The van der Waals surface area contributed by atoms with Crippen molar-refractivity contribution < 1.29 is 14.3 Å². The first-order valence-electron chi connectivity index (χ1n) is 5.88. The van der Waals surface area contributed by atoms with E-state index in [9.17, 15) is 9.59 Å². The van der Waals surface area contributed by atoms with Crippen molar-refractivity contribution in [2.75, 3.05) is 25.5 Å². The van der Waals surface area contributed by atoms with Gasteiger partial charge in [-0.25, -0.2) is 4.79 Å². The minimum Gasteiger partial charge on any atom is -0.465 e. The molecule has 5 heteroatoms. The highest BCUT2D eigenvalue weighted by atomic mass is 16.5. The molecule has 1 aromatic carbocycles. The molecule has 1 fully saturated rings. The maximum atomic E-state index is 11.7. The van der Waals surface area contributed by atoms with Gasteiger partial charge in [0.2, 0.25) is 5.91 Å². The van der Waals surface area contributed by atoms with E-state index in [2.05, 4.69) is 15.4 Å². The molecule has 2 N–H and O–H groups in total. The van der Waals surface area contributed by atoms with Crippen LogP contribution in [0.15, 0.2) is 24.3 Å². The maximum absolute atomic E-state index is 11.7. The molecule has 0 atom stereocenters. The number of ether oxygens (including phenoxy) is 1. The fourth-order valence-electron chi connectivity index (χ4n) is 1.77. The molecule has 1 saturated heterocycles. The van der Waals surface area contributed by atoms with E-state index in [1.807, 2.05) is 0 Å². The third-order valence-corrected chi connectivity index (χ3v) is 2.93. The third-order valence-electron chi connectivity index (χ3n) is 2.93. The van der Waals surface area contributed by atoms with E-state index >= 15 is 0 Å². The summed E-state index contributed by atoms with van der Waals surface area (Å²) in [7, 11) is 1.34. The number of hydrogen-bond acceptors (Lipinski definition) is 4. The smallest absolute Gasteiger partial charge is 0.337 e. The van der Waals surface area contributed by atoms with Crippen molar-refractivity contribution in [2.45, 2.75) is 6.42 Å². The van der Waals surface area contributed by atoms with Crippen LogP contribution in [-0.2, 0) is 9.53 Å². The Morgan fingerprint density at radius 1 is 1.33 bits per heavy atom. The summed E-state index contributed by atoms with van der Waals surface area (Å²) in [4.78, 5) is 22.9. The molecule has 0 spiro atoms.